The number of piperidine rings is 1. The smallest absolute Gasteiger partial charge is 0.149 e. The van der Waals surface area contributed by atoms with Gasteiger partial charge in [-0.3, -0.25) is 0 Å². The summed E-state index contributed by atoms with van der Waals surface area (Å²) in [5.41, 5.74) is 2.35. The average molecular weight is 276 g/mol. The molecule has 0 aliphatic carbocycles. The third kappa shape index (κ3) is 2.58. The SMILES string of the molecule is Cc1csc2c(N(C)CC3CCCNC3)ncnc12. The van der Waals surface area contributed by atoms with Gasteiger partial charge in [0, 0.05) is 13.6 Å². The van der Waals surface area contributed by atoms with Gasteiger partial charge in [0.1, 0.15) is 12.1 Å². The molecule has 1 saturated heterocycles. The highest BCUT2D eigenvalue weighted by molar-refractivity contribution is 7.18. The molecule has 0 amide bonds. The van der Waals surface area contributed by atoms with Crippen LogP contribution in [-0.4, -0.2) is 36.6 Å². The van der Waals surface area contributed by atoms with Crippen LogP contribution in [0.4, 0.5) is 5.82 Å². The third-order valence-corrected chi connectivity index (χ3v) is 4.89. The van der Waals surface area contributed by atoms with E-state index < -0.39 is 0 Å². The van der Waals surface area contributed by atoms with Gasteiger partial charge in [-0.25, -0.2) is 9.97 Å². The fourth-order valence-corrected chi connectivity index (χ4v) is 3.83. The molecule has 1 aliphatic rings. The van der Waals surface area contributed by atoms with Crippen LogP contribution in [0.15, 0.2) is 11.7 Å². The summed E-state index contributed by atoms with van der Waals surface area (Å²) in [6.07, 6.45) is 4.29. The van der Waals surface area contributed by atoms with E-state index in [2.05, 4.69) is 39.5 Å². The van der Waals surface area contributed by atoms with Crippen molar-refractivity contribution in [1.82, 2.24) is 15.3 Å². The quantitative estimate of drug-likeness (QED) is 0.935. The lowest BCUT2D eigenvalue weighted by Crippen LogP contribution is -2.37. The minimum absolute atomic E-state index is 0.727. The number of aromatic nitrogens is 2. The second-order valence-electron chi connectivity index (χ2n) is 5.39. The molecule has 4 nitrogen and oxygen atoms in total. The summed E-state index contributed by atoms with van der Waals surface area (Å²) >= 11 is 1.75. The molecule has 2 aromatic rings. The summed E-state index contributed by atoms with van der Waals surface area (Å²) in [5.74, 6) is 1.80. The van der Waals surface area contributed by atoms with E-state index >= 15 is 0 Å². The molecular formula is C14H20N4S. The molecule has 0 radical (unpaired) electrons. The predicted molar refractivity (Wildman–Crippen MR) is 81.0 cm³/mol. The van der Waals surface area contributed by atoms with Crippen molar-refractivity contribution in [3.05, 3.63) is 17.3 Å². The number of rotatable bonds is 3. The van der Waals surface area contributed by atoms with E-state index in [0.717, 1.165) is 30.3 Å². The Kier molecular flexibility index (Phi) is 3.66. The molecule has 5 heteroatoms. The van der Waals surface area contributed by atoms with Crippen LogP contribution in [0.1, 0.15) is 18.4 Å². The molecule has 1 unspecified atom stereocenters. The second-order valence-corrected chi connectivity index (χ2v) is 6.27. The standard InChI is InChI=1S/C14H20N4S/c1-10-8-19-13-12(10)16-9-17-14(13)18(2)7-11-4-3-5-15-6-11/h8-9,11,15H,3-7H2,1-2H3. The topological polar surface area (TPSA) is 41.0 Å². The molecule has 0 aromatic carbocycles. The van der Waals surface area contributed by atoms with Gasteiger partial charge in [0.15, 0.2) is 0 Å². The fraction of sp³-hybridized carbons (Fsp3) is 0.571. The molecule has 0 spiro atoms. The molecule has 1 atom stereocenters. The largest absolute Gasteiger partial charge is 0.358 e. The summed E-state index contributed by atoms with van der Waals surface area (Å²) < 4.78 is 1.21. The first-order chi connectivity index (χ1) is 9.25. The number of hydrogen-bond donors (Lipinski definition) is 1. The summed E-state index contributed by atoms with van der Waals surface area (Å²) in [4.78, 5) is 11.2. The van der Waals surface area contributed by atoms with E-state index in [4.69, 9.17) is 0 Å². The number of aryl methyl sites for hydroxylation is 1. The summed E-state index contributed by atoms with van der Waals surface area (Å²) in [5, 5.41) is 5.64. The first-order valence-corrected chi connectivity index (χ1v) is 7.74. The van der Waals surface area contributed by atoms with Crippen LogP contribution in [0.5, 0.6) is 0 Å². The Labute approximate surface area is 117 Å². The predicted octanol–water partition coefficient (Wildman–Crippen LogP) is 2.44. The van der Waals surface area contributed by atoms with E-state index in [0.29, 0.717) is 0 Å². The van der Waals surface area contributed by atoms with Crippen LogP contribution in [-0.2, 0) is 0 Å². The van der Waals surface area contributed by atoms with Crippen LogP contribution in [0.25, 0.3) is 10.2 Å². The monoisotopic (exact) mass is 276 g/mol. The van der Waals surface area contributed by atoms with Crippen molar-refractivity contribution in [2.45, 2.75) is 19.8 Å². The zero-order chi connectivity index (χ0) is 13.2. The van der Waals surface area contributed by atoms with E-state index in [1.54, 1.807) is 17.7 Å². The van der Waals surface area contributed by atoms with Crippen molar-refractivity contribution in [3.63, 3.8) is 0 Å². The van der Waals surface area contributed by atoms with Gasteiger partial charge in [0.05, 0.1) is 10.2 Å². The zero-order valence-electron chi connectivity index (χ0n) is 11.5. The first-order valence-electron chi connectivity index (χ1n) is 6.86. The maximum atomic E-state index is 4.49. The van der Waals surface area contributed by atoms with E-state index in [1.165, 1.54) is 29.6 Å². The number of nitrogens with zero attached hydrogens (tertiary/aromatic N) is 3. The molecule has 3 rings (SSSR count). The van der Waals surface area contributed by atoms with Crippen molar-refractivity contribution < 1.29 is 0 Å². The second kappa shape index (κ2) is 5.43. The molecule has 2 aromatic heterocycles. The molecule has 19 heavy (non-hydrogen) atoms. The Balaban J connectivity index is 1.82. The molecule has 1 aliphatic heterocycles. The Morgan fingerprint density at radius 2 is 2.37 bits per heavy atom. The lowest BCUT2D eigenvalue weighted by molar-refractivity contribution is 0.381. The zero-order valence-corrected chi connectivity index (χ0v) is 12.3. The highest BCUT2D eigenvalue weighted by Gasteiger charge is 2.18. The number of anilines is 1. The number of hydrogen-bond acceptors (Lipinski definition) is 5. The van der Waals surface area contributed by atoms with Gasteiger partial charge in [0.25, 0.3) is 0 Å². The van der Waals surface area contributed by atoms with E-state index in [-0.39, 0.29) is 0 Å². The van der Waals surface area contributed by atoms with Gasteiger partial charge < -0.3 is 10.2 Å². The van der Waals surface area contributed by atoms with Crippen LogP contribution in [0.3, 0.4) is 0 Å². The number of thiophene rings is 1. The normalized spacial score (nSPS) is 19.8. The molecule has 0 saturated carbocycles. The fourth-order valence-electron chi connectivity index (χ4n) is 2.78. The molecule has 3 heterocycles. The van der Waals surface area contributed by atoms with Crippen molar-refractivity contribution in [1.29, 1.82) is 0 Å². The molecule has 1 fully saturated rings. The minimum Gasteiger partial charge on any atom is -0.358 e. The maximum Gasteiger partial charge on any atom is 0.149 e. The number of fused-ring (bicyclic) bond motifs is 1. The summed E-state index contributed by atoms with van der Waals surface area (Å²) in [7, 11) is 2.14. The molecule has 0 bridgehead atoms. The van der Waals surface area contributed by atoms with Gasteiger partial charge in [-0.05, 0) is 49.7 Å². The Morgan fingerprint density at radius 3 is 3.16 bits per heavy atom. The summed E-state index contributed by atoms with van der Waals surface area (Å²) in [6, 6.07) is 0. The van der Waals surface area contributed by atoms with Crippen molar-refractivity contribution >= 4 is 27.4 Å². The van der Waals surface area contributed by atoms with Crippen molar-refractivity contribution in [3.8, 4) is 0 Å². The van der Waals surface area contributed by atoms with E-state index in [1.807, 2.05) is 0 Å². The average Bonchev–Trinajstić information content (AvgIpc) is 2.82. The summed E-state index contributed by atoms with van der Waals surface area (Å²) in [6.45, 7) is 5.47. The van der Waals surface area contributed by atoms with Gasteiger partial charge in [-0.2, -0.15) is 0 Å². The molecular weight excluding hydrogens is 256 g/mol. The first kappa shape index (κ1) is 12.8. The molecule has 102 valence electrons. The minimum atomic E-state index is 0.727. The Bertz CT molecular complexity index is 560. The van der Waals surface area contributed by atoms with Crippen molar-refractivity contribution in [2.75, 3.05) is 31.6 Å². The highest BCUT2D eigenvalue weighted by Crippen LogP contribution is 2.30. The lowest BCUT2D eigenvalue weighted by Gasteiger charge is -2.28. The van der Waals surface area contributed by atoms with Gasteiger partial charge in [0.2, 0.25) is 0 Å². The maximum absolute atomic E-state index is 4.49. The Hall–Kier alpha value is -1.20. The van der Waals surface area contributed by atoms with Crippen LogP contribution >= 0.6 is 11.3 Å². The Morgan fingerprint density at radius 1 is 1.47 bits per heavy atom. The van der Waals surface area contributed by atoms with Gasteiger partial charge in [-0.1, -0.05) is 0 Å². The van der Waals surface area contributed by atoms with Gasteiger partial charge >= 0.3 is 0 Å². The van der Waals surface area contributed by atoms with Crippen LogP contribution in [0.2, 0.25) is 0 Å². The van der Waals surface area contributed by atoms with Crippen LogP contribution < -0.4 is 10.2 Å². The van der Waals surface area contributed by atoms with Gasteiger partial charge in [-0.15, -0.1) is 11.3 Å². The molecule has 1 N–H and O–H groups in total. The highest BCUT2D eigenvalue weighted by atomic mass is 32.1. The van der Waals surface area contributed by atoms with Crippen LogP contribution in [0, 0.1) is 12.8 Å². The lowest BCUT2D eigenvalue weighted by atomic mass is 9.99. The van der Waals surface area contributed by atoms with E-state index in [9.17, 15) is 0 Å². The van der Waals surface area contributed by atoms with Crippen molar-refractivity contribution in [2.24, 2.45) is 5.92 Å². The number of nitrogens with one attached hydrogen (secondary N) is 1. The third-order valence-electron chi connectivity index (χ3n) is 3.80.